The predicted molar refractivity (Wildman–Crippen MR) is 81.5 cm³/mol. The Hall–Kier alpha value is -0.820. The van der Waals surface area contributed by atoms with Gasteiger partial charge in [-0.25, -0.2) is 0 Å². The van der Waals surface area contributed by atoms with E-state index in [0.717, 1.165) is 28.1 Å². The molecule has 0 radical (unpaired) electrons. The van der Waals surface area contributed by atoms with Crippen LogP contribution in [0.3, 0.4) is 0 Å². The fourth-order valence-electron chi connectivity index (χ4n) is 1.70. The molecule has 0 unspecified atom stereocenters. The fraction of sp³-hybridized carbons (Fsp3) is 0.571. The molecule has 0 spiro atoms. The molecule has 114 valence electrons. The zero-order valence-electron chi connectivity index (χ0n) is 11.9. The number of nitrogens with one attached hydrogen (secondary N) is 1. The van der Waals surface area contributed by atoms with Crippen molar-refractivity contribution in [1.29, 1.82) is 0 Å². The highest BCUT2D eigenvalue weighted by Gasteiger charge is 2.10. The van der Waals surface area contributed by atoms with Gasteiger partial charge in [0, 0.05) is 13.1 Å². The van der Waals surface area contributed by atoms with Gasteiger partial charge in [-0.3, -0.25) is 0 Å². The molecular weight excluding hydrogens is 326 g/mol. The van der Waals surface area contributed by atoms with E-state index in [-0.39, 0.29) is 6.61 Å². The van der Waals surface area contributed by atoms with Crippen molar-refractivity contribution >= 4 is 15.9 Å². The van der Waals surface area contributed by atoms with Crippen molar-refractivity contribution in [3.05, 3.63) is 22.2 Å². The second-order valence-corrected chi connectivity index (χ2v) is 4.91. The van der Waals surface area contributed by atoms with Crippen molar-refractivity contribution in [2.24, 2.45) is 0 Å². The second kappa shape index (κ2) is 9.99. The van der Waals surface area contributed by atoms with Crippen LogP contribution >= 0.6 is 15.9 Å². The standard InChI is InChI=1S/C14H22BrNO4/c1-3-20-14-12(15)8-11(9-13(14)18-2)10-16-4-6-19-7-5-17/h8-9,16-17H,3-7,10H2,1-2H3. The van der Waals surface area contributed by atoms with Crippen LogP contribution in [0.15, 0.2) is 16.6 Å². The fourth-order valence-corrected chi connectivity index (χ4v) is 2.31. The lowest BCUT2D eigenvalue weighted by molar-refractivity contribution is 0.0938. The summed E-state index contributed by atoms with van der Waals surface area (Å²) in [5, 5.41) is 11.8. The molecule has 1 aromatic carbocycles. The van der Waals surface area contributed by atoms with Crippen molar-refractivity contribution in [1.82, 2.24) is 5.32 Å². The molecule has 0 heterocycles. The Bertz CT molecular complexity index is 401. The van der Waals surface area contributed by atoms with Crippen LogP contribution in [-0.2, 0) is 11.3 Å². The van der Waals surface area contributed by atoms with Crippen LogP contribution < -0.4 is 14.8 Å². The summed E-state index contributed by atoms with van der Waals surface area (Å²) < 4.78 is 16.9. The van der Waals surface area contributed by atoms with Gasteiger partial charge >= 0.3 is 0 Å². The molecule has 5 nitrogen and oxygen atoms in total. The highest BCUT2D eigenvalue weighted by Crippen LogP contribution is 2.36. The summed E-state index contributed by atoms with van der Waals surface area (Å²) in [6.07, 6.45) is 0. The summed E-state index contributed by atoms with van der Waals surface area (Å²) in [6, 6.07) is 3.96. The Morgan fingerprint density at radius 2 is 2.10 bits per heavy atom. The van der Waals surface area contributed by atoms with E-state index in [2.05, 4.69) is 21.2 Å². The third-order valence-corrected chi connectivity index (χ3v) is 3.15. The van der Waals surface area contributed by atoms with Gasteiger partial charge < -0.3 is 24.6 Å². The van der Waals surface area contributed by atoms with Crippen LogP contribution in [-0.4, -0.2) is 45.2 Å². The van der Waals surface area contributed by atoms with Gasteiger partial charge in [-0.2, -0.15) is 0 Å². The molecule has 1 rings (SSSR count). The Balaban J connectivity index is 2.52. The SMILES string of the molecule is CCOc1c(Br)cc(CNCCOCCO)cc1OC. The number of aliphatic hydroxyl groups is 1. The molecule has 0 aromatic heterocycles. The maximum atomic E-state index is 8.58. The molecule has 0 aliphatic carbocycles. The van der Waals surface area contributed by atoms with E-state index in [1.54, 1.807) is 7.11 Å². The molecule has 2 N–H and O–H groups in total. The number of halogens is 1. The van der Waals surface area contributed by atoms with Crippen molar-refractivity contribution in [3.63, 3.8) is 0 Å². The number of aliphatic hydroxyl groups excluding tert-OH is 1. The summed E-state index contributed by atoms with van der Waals surface area (Å²) >= 11 is 3.50. The number of hydrogen-bond acceptors (Lipinski definition) is 5. The number of rotatable bonds is 10. The average molecular weight is 348 g/mol. The normalized spacial score (nSPS) is 10.6. The summed E-state index contributed by atoms with van der Waals surface area (Å²) in [5.41, 5.74) is 1.10. The average Bonchev–Trinajstić information content (AvgIpc) is 2.45. The number of methoxy groups -OCH3 is 1. The second-order valence-electron chi connectivity index (χ2n) is 4.05. The first kappa shape index (κ1) is 17.2. The topological polar surface area (TPSA) is 60.0 Å². The van der Waals surface area contributed by atoms with Gasteiger partial charge in [0.05, 0.1) is 38.0 Å². The highest BCUT2D eigenvalue weighted by atomic mass is 79.9. The first-order valence-electron chi connectivity index (χ1n) is 6.61. The molecule has 0 bridgehead atoms. The van der Waals surface area contributed by atoms with Crippen molar-refractivity contribution < 1.29 is 19.3 Å². The van der Waals surface area contributed by atoms with Crippen LogP contribution in [0.1, 0.15) is 12.5 Å². The summed E-state index contributed by atoms with van der Waals surface area (Å²) in [6.45, 7) is 4.99. The maximum Gasteiger partial charge on any atom is 0.175 e. The first-order valence-corrected chi connectivity index (χ1v) is 7.40. The minimum Gasteiger partial charge on any atom is -0.493 e. The van der Waals surface area contributed by atoms with Gasteiger partial charge in [0.15, 0.2) is 11.5 Å². The van der Waals surface area contributed by atoms with Gasteiger partial charge in [0.25, 0.3) is 0 Å². The molecule has 0 aliphatic rings. The number of ether oxygens (including phenoxy) is 3. The van der Waals surface area contributed by atoms with Gasteiger partial charge in [-0.15, -0.1) is 0 Å². The third kappa shape index (κ3) is 5.66. The van der Waals surface area contributed by atoms with Crippen molar-refractivity contribution in [2.75, 3.05) is 40.1 Å². The van der Waals surface area contributed by atoms with E-state index in [0.29, 0.717) is 26.4 Å². The first-order chi connectivity index (χ1) is 9.72. The van der Waals surface area contributed by atoms with E-state index in [9.17, 15) is 0 Å². The molecule has 0 atom stereocenters. The van der Waals surface area contributed by atoms with E-state index in [1.807, 2.05) is 19.1 Å². The maximum absolute atomic E-state index is 8.58. The zero-order valence-corrected chi connectivity index (χ0v) is 13.5. The van der Waals surface area contributed by atoms with Crippen molar-refractivity contribution in [3.8, 4) is 11.5 Å². The third-order valence-electron chi connectivity index (χ3n) is 2.57. The van der Waals surface area contributed by atoms with Crippen LogP contribution in [0.5, 0.6) is 11.5 Å². The van der Waals surface area contributed by atoms with Crippen molar-refractivity contribution in [2.45, 2.75) is 13.5 Å². The number of benzene rings is 1. The monoisotopic (exact) mass is 347 g/mol. The molecule has 0 amide bonds. The van der Waals surface area contributed by atoms with Crippen LogP contribution in [0, 0.1) is 0 Å². The summed E-state index contributed by atoms with van der Waals surface area (Å²) in [4.78, 5) is 0. The Kier molecular flexibility index (Phi) is 8.60. The quantitative estimate of drug-likeness (QED) is 0.633. The van der Waals surface area contributed by atoms with Crippen LogP contribution in [0.4, 0.5) is 0 Å². The molecule has 0 saturated carbocycles. The van der Waals surface area contributed by atoms with E-state index >= 15 is 0 Å². The van der Waals surface area contributed by atoms with E-state index in [1.165, 1.54) is 0 Å². The lowest BCUT2D eigenvalue weighted by Gasteiger charge is -2.13. The Labute approximate surface area is 128 Å². The lowest BCUT2D eigenvalue weighted by atomic mass is 10.2. The molecule has 6 heteroatoms. The molecule has 20 heavy (non-hydrogen) atoms. The van der Waals surface area contributed by atoms with Gasteiger partial charge in [-0.05, 0) is 40.5 Å². The lowest BCUT2D eigenvalue weighted by Crippen LogP contribution is -2.20. The van der Waals surface area contributed by atoms with Crippen LogP contribution in [0.25, 0.3) is 0 Å². The molecule has 0 aliphatic heterocycles. The Morgan fingerprint density at radius 3 is 2.75 bits per heavy atom. The minimum absolute atomic E-state index is 0.0586. The van der Waals surface area contributed by atoms with Gasteiger partial charge in [-0.1, -0.05) is 0 Å². The number of hydrogen-bond donors (Lipinski definition) is 2. The minimum atomic E-state index is 0.0586. The molecule has 1 aromatic rings. The largest absolute Gasteiger partial charge is 0.493 e. The van der Waals surface area contributed by atoms with Crippen LogP contribution in [0.2, 0.25) is 0 Å². The van der Waals surface area contributed by atoms with Gasteiger partial charge in [0.2, 0.25) is 0 Å². The summed E-state index contributed by atoms with van der Waals surface area (Å²) in [5.74, 6) is 1.44. The highest BCUT2D eigenvalue weighted by molar-refractivity contribution is 9.10. The zero-order chi connectivity index (χ0) is 14.8. The smallest absolute Gasteiger partial charge is 0.175 e. The summed E-state index contributed by atoms with van der Waals surface area (Å²) in [7, 11) is 1.63. The predicted octanol–water partition coefficient (Wildman–Crippen LogP) is 1.95. The van der Waals surface area contributed by atoms with E-state index in [4.69, 9.17) is 19.3 Å². The Morgan fingerprint density at radius 1 is 1.30 bits per heavy atom. The van der Waals surface area contributed by atoms with E-state index < -0.39 is 0 Å². The van der Waals surface area contributed by atoms with Gasteiger partial charge in [0.1, 0.15) is 0 Å². The molecular formula is C14H22BrNO4. The molecule has 0 saturated heterocycles. The molecule has 0 fully saturated rings.